The summed E-state index contributed by atoms with van der Waals surface area (Å²) in [6.07, 6.45) is 4.38. The molecule has 5 nitrogen and oxygen atoms in total. The Morgan fingerprint density at radius 1 is 1.16 bits per heavy atom. The zero-order valence-electron chi connectivity index (χ0n) is 18.0. The quantitative estimate of drug-likeness (QED) is 0.423. The van der Waals surface area contributed by atoms with E-state index in [-0.39, 0.29) is 11.9 Å². The molecule has 4 aromatic rings. The van der Waals surface area contributed by atoms with E-state index in [1.165, 1.54) is 16.3 Å². The van der Waals surface area contributed by atoms with Gasteiger partial charge in [0.2, 0.25) is 5.91 Å². The Balaban J connectivity index is 1.55. The van der Waals surface area contributed by atoms with E-state index in [1.807, 2.05) is 11.1 Å². The summed E-state index contributed by atoms with van der Waals surface area (Å²) in [4.78, 5) is 24.6. The van der Waals surface area contributed by atoms with Crippen molar-refractivity contribution in [2.75, 3.05) is 11.4 Å². The summed E-state index contributed by atoms with van der Waals surface area (Å²) in [6.45, 7) is 3.74. The van der Waals surface area contributed by atoms with Crippen LogP contribution in [0.5, 0.6) is 0 Å². The van der Waals surface area contributed by atoms with Gasteiger partial charge in [-0.2, -0.15) is 0 Å². The first-order valence-electron chi connectivity index (χ1n) is 10.8. The lowest BCUT2D eigenvalue weighted by Gasteiger charge is -2.32. The number of anilines is 1. The van der Waals surface area contributed by atoms with Gasteiger partial charge in [0.15, 0.2) is 0 Å². The Bertz CT molecular complexity index is 1250. The van der Waals surface area contributed by atoms with Gasteiger partial charge in [-0.05, 0) is 46.5 Å². The smallest absolute Gasteiger partial charge is 0.220 e. The number of nitrogens with one attached hydrogen (secondary N) is 1. The molecule has 0 fully saturated rings. The highest BCUT2D eigenvalue weighted by Gasteiger charge is 2.30. The van der Waals surface area contributed by atoms with E-state index < -0.39 is 0 Å². The molecule has 162 valence electrons. The van der Waals surface area contributed by atoms with Gasteiger partial charge < -0.3 is 14.8 Å². The number of benzene rings is 3. The Hall–Kier alpha value is -3.12. The average molecular weight is 489 g/mol. The minimum absolute atomic E-state index is 0.0485. The van der Waals surface area contributed by atoms with Crippen molar-refractivity contribution >= 4 is 38.3 Å². The molecule has 32 heavy (non-hydrogen) atoms. The van der Waals surface area contributed by atoms with Gasteiger partial charge in [-0.25, -0.2) is 4.98 Å². The number of nitrogens with zero attached hydrogens (tertiary/aromatic N) is 3. The van der Waals surface area contributed by atoms with Crippen LogP contribution in [0.2, 0.25) is 0 Å². The van der Waals surface area contributed by atoms with Gasteiger partial charge in [-0.15, -0.1) is 0 Å². The third kappa shape index (κ3) is 4.15. The molecular formula is C26H25BrN4O. The molecule has 1 N–H and O–H groups in total. The van der Waals surface area contributed by atoms with Crippen LogP contribution in [0.3, 0.4) is 0 Å². The van der Waals surface area contributed by atoms with E-state index in [0.29, 0.717) is 13.1 Å². The lowest BCUT2D eigenvalue weighted by Crippen LogP contribution is -2.45. The Labute approximate surface area is 196 Å². The summed E-state index contributed by atoms with van der Waals surface area (Å²) in [5, 5.41) is 2.48. The highest BCUT2D eigenvalue weighted by molar-refractivity contribution is 9.10. The van der Waals surface area contributed by atoms with Crippen molar-refractivity contribution in [3.63, 3.8) is 0 Å². The van der Waals surface area contributed by atoms with Crippen molar-refractivity contribution in [2.24, 2.45) is 0 Å². The second-order valence-corrected chi connectivity index (χ2v) is 9.29. The largest absolute Gasteiger partial charge is 0.363 e. The SMILES string of the molecule is CC(=O)N1Cc2cc(Br)ccc2N(Cc2cnc[nH]2)C[C@@H]1Cc1cccc2ccccc12. The monoisotopic (exact) mass is 488 g/mol. The molecular weight excluding hydrogens is 464 g/mol. The summed E-state index contributed by atoms with van der Waals surface area (Å²) >= 11 is 3.61. The molecule has 6 heteroatoms. The number of aromatic amines is 1. The van der Waals surface area contributed by atoms with Crippen LogP contribution in [-0.2, 0) is 24.3 Å². The summed E-state index contributed by atoms with van der Waals surface area (Å²) in [6, 6.07) is 21.3. The predicted molar refractivity (Wildman–Crippen MR) is 131 cm³/mol. The minimum Gasteiger partial charge on any atom is -0.363 e. The van der Waals surface area contributed by atoms with E-state index in [0.717, 1.165) is 34.4 Å². The molecule has 1 aliphatic rings. The first kappa shape index (κ1) is 20.8. The number of halogens is 1. The second-order valence-electron chi connectivity index (χ2n) is 8.37. The van der Waals surface area contributed by atoms with Crippen molar-refractivity contribution in [1.82, 2.24) is 14.9 Å². The van der Waals surface area contributed by atoms with Crippen LogP contribution in [0.1, 0.15) is 23.7 Å². The lowest BCUT2D eigenvalue weighted by atomic mass is 9.97. The third-order valence-corrected chi connectivity index (χ3v) is 6.74. The van der Waals surface area contributed by atoms with Gasteiger partial charge in [0.25, 0.3) is 0 Å². The molecule has 0 radical (unpaired) electrons. The number of aromatic nitrogens is 2. The molecule has 2 heterocycles. The fourth-order valence-electron chi connectivity index (χ4n) is 4.75. The number of carbonyl (C=O) groups excluding carboxylic acids is 1. The van der Waals surface area contributed by atoms with Crippen molar-refractivity contribution in [2.45, 2.75) is 32.5 Å². The zero-order chi connectivity index (χ0) is 22.1. The van der Waals surface area contributed by atoms with E-state index in [1.54, 1.807) is 13.3 Å². The average Bonchev–Trinajstić information content (AvgIpc) is 3.24. The Morgan fingerprint density at radius 3 is 2.81 bits per heavy atom. The standard InChI is InChI=1S/C26H25BrN4O/c1-18(32)31-14-21-11-22(27)9-10-26(21)30(15-23-13-28-17-29-23)16-24(31)12-20-7-4-6-19-5-2-3-8-25(19)20/h2-11,13,17,24H,12,14-16H2,1H3,(H,28,29)/t24-/m0/s1. The molecule has 1 amide bonds. The number of carbonyl (C=O) groups is 1. The van der Waals surface area contributed by atoms with Gasteiger partial charge in [-0.1, -0.05) is 58.4 Å². The normalized spacial score (nSPS) is 16.1. The number of H-pyrrole nitrogens is 1. The Morgan fingerprint density at radius 2 is 2.00 bits per heavy atom. The van der Waals surface area contributed by atoms with Crippen molar-refractivity contribution < 1.29 is 4.79 Å². The lowest BCUT2D eigenvalue weighted by molar-refractivity contribution is -0.131. The highest BCUT2D eigenvalue weighted by Crippen LogP contribution is 2.32. The van der Waals surface area contributed by atoms with Crippen LogP contribution in [0, 0.1) is 0 Å². The number of imidazole rings is 1. The van der Waals surface area contributed by atoms with Crippen molar-refractivity contribution in [3.8, 4) is 0 Å². The van der Waals surface area contributed by atoms with Gasteiger partial charge in [0.1, 0.15) is 0 Å². The second kappa shape index (κ2) is 8.79. The number of hydrogen-bond donors (Lipinski definition) is 1. The summed E-state index contributed by atoms with van der Waals surface area (Å²) in [7, 11) is 0. The van der Waals surface area contributed by atoms with Crippen molar-refractivity contribution in [1.29, 1.82) is 0 Å². The summed E-state index contributed by atoms with van der Waals surface area (Å²) < 4.78 is 1.02. The topological polar surface area (TPSA) is 52.2 Å². The molecule has 0 bridgehead atoms. The Kier molecular flexibility index (Phi) is 5.70. The maximum absolute atomic E-state index is 12.8. The number of amides is 1. The van der Waals surface area contributed by atoms with Crippen LogP contribution < -0.4 is 4.90 Å². The fourth-order valence-corrected chi connectivity index (χ4v) is 5.16. The van der Waals surface area contributed by atoms with Gasteiger partial charge in [-0.3, -0.25) is 4.79 Å². The first-order valence-corrected chi connectivity index (χ1v) is 11.6. The molecule has 0 saturated heterocycles. The van der Waals surface area contributed by atoms with E-state index in [9.17, 15) is 4.79 Å². The highest BCUT2D eigenvalue weighted by atomic mass is 79.9. The van der Waals surface area contributed by atoms with Crippen LogP contribution in [0.25, 0.3) is 10.8 Å². The maximum atomic E-state index is 12.8. The van der Waals surface area contributed by atoms with Crippen LogP contribution >= 0.6 is 15.9 Å². The molecule has 0 spiro atoms. The molecule has 5 rings (SSSR count). The van der Waals surface area contributed by atoms with Gasteiger partial charge in [0, 0.05) is 36.4 Å². The van der Waals surface area contributed by atoms with E-state index in [4.69, 9.17) is 0 Å². The number of fused-ring (bicyclic) bond motifs is 2. The molecule has 1 aliphatic heterocycles. The molecule has 1 atom stereocenters. The van der Waals surface area contributed by atoms with Crippen LogP contribution in [0.4, 0.5) is 5.69 Å². The maximum Gasteiger partial charge on any atom is 0.220 e. The fraction of sp³-hybridized carbons (Fsp3) is 0.231. The molecule has 0 unspecified atom stereocenters. The third-order valence-electron chi connectivity index (χ3n) is 6.25. The molecule has 0 aliphatic carbocycles. The van der Waals surface area contributed by atoms with E-state index in [2.05, 4.69) is 91.5 Å². The summed E-state index contributed by atoms with van der Waals surface area (Å²) in [5.41, 5.74) is 4.64. The van der Waals surface area contributed by atoms with Gasteiger partial charge >= 0.3 is 0 Å². The summed E-state index contributed by atoms with van der Waals surface area (Å²) in [5.74, 6) is 0.101. The van der Waals surface area contributed by atoms with Crippen LogP contribution in [-0.4, -0.2) is 33.4 Å². The van der Waals surface area contributed by atoms with E-state index >= 15 is 0 Å². The molecule has 1 aromatic heterocycles. The van der Waals surface area contributed by atoms with Gasteiger partial charge in [0.05, 0.1) is 24.6 Å². The molecule has 3 aromatic carbocycles. The minimum atomic E-state index is 0.0485. The number of rotatable bonds is 4. The van der Waals surface area contributed by atoms with Crippen LogP contribution in [0.15, 0.2) is 77.7 Å². The predicted octanol–water partition coefficient (Wildman–Crippen LogP) is 5.31. The zero-order valence-corrected chi connectivity index (χ0v) is 19.5. The van der Waals surface area contributed by atoms with Crippen molar-refractivity contribution in [3.05, 3.63) is 94.5 Å². The molecule has 0 saturated carbocycles. The number of hydrogen-bond acceptors (Lipinski definition) is 3. The first-order chi connectivity index (χ1) is 15.6.